The van der Waals surface area contributed by atoms with Crippen LogP contribution < -0.4 is 9.47 Å². The third-order valence-electron chi connectivity index (χ3n) is 7.23. The van der Waals surface area contributed by atoms with E-state index in [1.165, 1.54) is 26.4 Å². The van der Waals surface area contributed by atoms with E-state index in [-0.39, 0.29) is 11.5 Å². The van der Waals surface area contributed by atoms with Crippen LogP contribution >= 0.6 is 0 Å². The first-order valence-electron chi connectivity index (χ1n) is 12.4. The van der Waals surface area contributed by atoms with Gasteiger partial charge < -0.3 is 18.8 Å². The van der Waals surface area contributed by atoms with Crippen LogP contribution in [-0.2, 0) is 16.9 Å². The molecule has 5 rings (SSSR count). The largest absolute Gasteiger partial charge is 0.496 e. The van der Waals surface area contributed by atoms with Crippen LogP contribution in [0.25, 0.3) is 17.2 Å². The molecule has 0 unspecified atom stereocenters. The maximum Gasteiger partial charge on any atom is 0.421 e. The Morgan fingerprint density at radius 3 is 2.46 bits per heavy atom. The van der Waals surface area contributed by atoms with E-state index in [0.29, 0.717) is 47.5 Å². The van der Waals surface area contributed by atoms with Gasteiger partial charge in [0.15, 0.2) is 11.4 Å². The van der Waals surface area contributed by atoms with Crippen molar-refractivity contribution in [3.63, 3.8) is 0 Å². The highest BCUT2D eigenvalue weighted by molar-refractivity contribution is 5.56. The number of hydrogen-bond acceptors (Lipinski definition) is 7. The standard InChI is InChI=1S/C27H29F3N6O3/c1-16-14-35(15-31-16)21-10-9-20(32-25(21)38-4)23-33-24-18(7-6-12-36(24)34-23)19-13-17(8-11-22(19)37-3)26(2,39-5)27(28,29)30/h8-11,13-15,18H,6-7,12H2,1-5H3/t18-,26-/m0/s1. The number of ether oxygens (including phenoxy) is 3. The van der Waals surface area contributed by atoms with E-state index in [4.69, 9.17) is 19.2 Å². The van der Waals surface area contributed by atoms with Crippen molar-refractivity contribution in [3.8, 4) is 28.8 Å². The van der Waals surface area contributed by atoms with Crippen molar-refractivity contribution in [2.75, 3.05) is 21.3 Å². The predicted molar refractivity (Wildman–Crippen MR) is 136 cm³/mol. The van der Waals surface area contributed by atoms with E-state index in [2.05, 4.69) is 15.1 Å². The van der Waals surface area contributed by atoms with Crippen LogP contribution in [0.5, 0.6) is 11.6 Å². The lowest BCUT2D eigenvalue weighted by Gasteiger charge is -2.32. The highest BCUT2D eigenvalue weighted by Gasteiger charge is 2.53. The highest BCUT2D eigenvalue weighted by atomic mass is 19.4. The molecule has 0 saturated heterocycles. The van der Waals surface area contributed by atoms with Crippen molar-refractivity contribution in [1.29, 1.82) is 0 Å². The summed E-state index contributed by atoms with van der Waals surface area (Å²) in [6.07, 6.45) is 0.376. The minimum absolute atomic E-state index is 0.0121. The summed E-state index contributed by atoms with van der Waals surface area (Å²) in [5.74, 6) is 1.56. The lowest BCUT2D eigenvalue weighted by atomic mass is 9.86. The topological polar surface area (TPSA) is 89.1 Å². The number of fused-ring (bicyclic) bond motifs is 1. The average molecular weight is 543 g/mol. The molecule has 0 radical (unpaired) electrons. The Kier molecular flexibility index (Phi) is 6.83. The summed E-state index contributed by atoms with van der Waals surface area (Å²) in [4.78, 5) is 13.7. The summed E-state index contributed by atoms with van der Waals surface area (Å²) in [6.45, 7) is 3.54. The normalized spacial score (nSPS) is 17.0. The lowest BCUT2D eigenvalue weighted by Crippen LogP contribution is -2.41. The van der Waals surface area contributed by atoms with Crippen LogP contribution in [0.2, 0.25) is 0 Å². The summed E-state index contributed by atoms with van der Waals surface area (Å²) in [5, 5.41) is 4.68. The molecule has 2 atom stereocenters. The molecule has 0 N–H and O–H groups in total. The number of nitrogens with zero attached hydrogens (tertiary/aromatic N) is 6. The smallest absolute Gasteiger partial charge is 0.421 e. The molecule has 0 fully saturated rings. The predicted octanol–water partition coefficient (Wildman–Crippen LogP) is 5.20. The molecule has 1 aliphatic rings. The van der Waals surface area contributed by atoms with Gasteiger partial charge in [0.2, 0.25) is 5.88 Å². The van der Waals surface area contributed by atoms with Gasteiger partial charge in [0, 0.05) is 31.3 Å². The van der Waals surface area contributed by atoms with Crippen LogP contribution in [0, 0.1) is 6.92 Å². The quantitative estimate of drug-likeness (QED) is 0.317. The summed E-state index contributed by atoms with van der Waals surface area (Å²) >= 11 is 0. The SMILES string of the molecule is COc1ccc([C@](C)(OC)C(F)(F)F)cc1[C@@H]1CCCn2nc(-c3ccc(-n4cnc(C)c4)c(OC)n3)nc21. The van der Waals surface area contributed by atoms with Crippen molar-refractivity contribution >= 4 is 0 Å². The number of alkyl halides is 3. The van der Waals surface area contributed by atoms with Crippen LogP contribution in [0.1, 0.15) is 48.3 Å². The van der Waals surface area contributed by atoms with E-state index in [9.17, 15) is 13.2 Å². The van der Waals surface area contributed by atoms with Gasteiger partial charge in [-0.25, -0.2) is 19.6 Å². The van der Waals surface area contributed by atoms with Gasteiger partial charge >= 0.3 is 6.18 Å². The number of hydrogen-bond donors (Lipinski definition) is 0. The second-order valence-corrected chi connectivity index (χ2v) is 9.55. The average Bonchev–Trinajstić information content (AvgIpc) is 3.57. The summed E-state index contributed by atoms with van der Waals surface area (Å²) in [7, 11) is 4.09. The lowest BCUT2D eigenvalue weighted by molar-refractivity contribution is -0.269. The molecule has 4 aromatic rings. The number of methoxy groups -OCH3 is 3. The Bertz CT molecular complexity index is 1500. The van der Waals surface area contributed by atoms with Gasteiger partial charge in [-0.1, -0.05) is 6.07 Å². The molecular formula is C27H29F3N6O3. The highest BCUT2D eigenvalue weighted by Crippen LogP contribution is 2.45. The van der Waals surface area contributed by atoms with Gasteiger partial charge in [-0.2, -0.15) is 13.2 Å². The zero-order valence-corrected chi connectivity index (χ0v) is 22.3. The van der Waals surface area contributed by atoms with Crippen LogP contribution in [0.15, 0.2) is 42.9 Å². The number of benzene rings is 1. The molecule has 0 saturated carbocycles. The monoisotopic (exact) mass is 542 g/mol. The molecule has 1 aliphatic heterocycles. The Morgan fingerprint density at radius 2 is 1.82 bits per heavy atom. The Hall–Kier alpha value is -3.93. The maximum atomic E-state index is 14.0. The van der Waals surface area contributed by atoms with E-state index in [1.807, 2.05) is 23.8 Å². The molecule has 4 heterocycles. The fourth-order valence-corrected chi connectivity index (χ4v) is 4.91. The van der Waals surface area contributed by atoms with E-state index >= 15 is 0 Å². The van der Waals surface area contributed by atoms with Gasteiger partial charge in [-0.15, -0.1) is 5.10 Å². The maximum absolute atomic E-state index is 14.0. The van der Waals surface area contributed by atoms with Gasteiger partial charge in [0.25, 0.3) is 0 Å². The number of pyridine rings is 1. The van der Waals surface area contributed by atoms with Gasteiger partial charge in [-0.3, -0.25) is 0 Å². The Labute approximate surface area is 223 Å². The van der Waals surface area contributed by atoms with Crippen molar-refractivity contribution in [2.45, 2.75) is 50.9 Å². The second-order valence-electron chi connectivity index (χ2n) is 9.55. The van der Waals surface area contributed by atoms with Crippen molar-refractivity contribution in [2.24, 2.45) is 0 Å². The molecule has 0 bridgehead atoms. The van der Waals surface area contributed by atoms with Crippen LogP contribution in [-0.4, -0.2) is 56.8 Å². The molecule has 39 heavy (non-hydrogen) atoms. The molecule has 0 aliphatic carbocycles. The zero-order valence-electron chi connectivity index (χ0n) is 22.3. The molecular weight excluding hydrogens is 513 g/mol. The van der Waals surface area contributed by atoms with Crippen LogP contribution in [0.3, 0.4) is 0 Å². The molecule has 3 aromatic heterocycles. The molecule has 0 amide bonds. The summed E-state index contributed by atoms with van der Waals surface area (Å²) < 4.78 is 61.6. The number of aromatic nitrogens is 6. The van der Waals surface area contributed by atoms with Crippen molar-refractivity contribution in [1.82, 2.24) is 29.3 Å². The third kappa shape index (κ3) is 4.62. The van der Waals surface area contributed by atoms with E-state index < -0.39 is 11.8 Å². The number of rotatable bonds is 7. The third-order valence-corrected chi connectivity index (χ3v) is 7.23. The molecule has 12 heteroatoms. The molecule has 1 aromatic carbocycles. The van der Waals surface area contributed by atoms with Gasteiger partial charge in [0.05, 0.1) is 26.2 Å². The first-order chi connectivity index (χ1) is 18.6. The Balaban J connectivity index is 1.56. The number of aryl methyl sites for hydroxylation is 2. The minimum Gasteiger partial charge on any atom is -0.496 e. The number of halogens is 3. The van der Waals surface area contributed by atoms with Crippen LogP contribution in [0.4, 0.5) is 13.2 Å². The molecule has 9 nitrogen and oxygen atoms in total. The zero-order chi connectivity index (χ0) is 27.9. The van der Waals surface area contributed by atoms with E-state index in [1.54, 1.807) is 23.1 Å². The minimum atomic E-state index is -4.61. The molecule has 206 valence electrons. The fraction of sp³-hybridized carbons (Fsp3) is 0.407. The first kappa shape index (κ1) is 26.7. The fourth-order valence-electron chi connectivity index (χ4n) is 4.91. The van der Waals surface area contributed by atoms with Gasteiger partial charge in [-0.05, 0) is 56.5 Å². The first-order valence-corrected chi connectivity index (χ1v) is 12.4. The van der Waals surface area contributed by atoms with Crippen molar-refractivity contribution < 1.29 is 27.4 Å². The molecule has 0 spiro atoms. The Morgan fingerprint density at radius 1 is 1.03 bits per heavy atom. The second kappa shape index (κ2) is 9.99. The van der Waals surface area contributed by atoms with E-state index in [0.717, 1.165) is 31.8 Å². The van der Waals surface area contributed by atoms with Gasteiger partial charge in [0.1, 0.15) is 23.0 Å². The summed E-state index contributed by atoms with van der Waals surface area (Å²) in [5.41, 5.74) is 0.197. The number of imidazole rings is 1. The van der Waals surface area contributed by atoms with Crippen molar-refractivity contribution in [3.05, 3.63) is 65.5 Å². The summed E-state index contributed by atoms with van der Waals surface area (Å²) in [6, 6.07) is 8.10.